The van der Waals surface area contributed by atoms with Gasteiger partial charge >= 0.3 is 6.18 Å². The van der Waals surface area contributed by atoms with Crippen LogP contribution < -0.4 is 5.32 Å². The molecule has 1 unspecified atom stereocenters. The Hall–Kier alpha value is -1.82. The molecule has 6 heteroatoms. The molecule has 0 saturated heterocycles. The van der Waals surface area contributed by atoms with Crippen LogP contribution in [0.25, 0.3) is 0 Å². The maximum Gasteiger partial charge on any atom is 0.416 e. The summed E-state index contributed by atoms with van der Waals surface area (Å²) in [6.07, 6.45) is -2.66. The summed E-state index contributed by atoms with van der Waals surface area (Å²) in [4.78, 5) is 0. The van der Waals surface area contributed by atoms with Crippen LogP contribution in [0.4, 0.5) is 13.2 Å². The van der Waals surface area contributed by atoms with Crippen LogP contribution in [0.3, 0.4) is 0 Å². The third-order valence-corrected chi connectivity index (χ3v) is 3.27. The number of aromatic nitrogens is 2. The Bertz CT molecular complexity index is 575. The average molecular weight is 283 g/mol. The summed E-state index contributed by atoms with van der Waals surface area (Å²) in [7, 11) is 0. The maximum absolute atomic E-state index is 12.9. The van der Waals surface area contributed by atoms with E-state index in [-0.39, 0.29) is 5.56 Å². The fraction of sp³-hybridized carbons (Fsp3) is 0.357. The van der Waals surface area contributed by atoms with Crippen LogP contribution in [-0.4, -0.2) is 10.2 Å². The zero-order valence-electron chi connectivity index (χ0n) is 11.3. The third kappa shape index (κ3) is 3.19. The Kier molecular flexibility index (Phi) is 4.13. The lowest BCUT2D eigenvalue weighted by atomic mass is 10.0. The van der Waals surface area contributed by atoms with Crippen molar-refractivity contribution in [3.63, 3.8) is 0 Å². The fourth-order valence-electron chi connectivity index (χ4n) is 2.06. The number of benzene rings is 1. The van der Waals surface area contributed by atoms with Gasteiger partial charge in [-0.15, -0.1) is 0 Å². The minimum absolute atomic E-state index is 0.251. The second-order valence-corrected chi connectivity index (χ2v) is 4.71. The molecule has 1 aromatic heterocycles. The molecule has 0 saturated carbocycles. The largest absolute Gasteiger partial charge is 0.416 e. The van der Waals surface area contributed by atoms with E-state index >= 15 is 0 Å². The third-order valence-electron chi connectivity index (χ3n) is 3.27. The van der Waals surface area contributed by atoms with Crippen molar-refractivity contribution >= 4 is 0 Å². The first-order valence-electron chi connectivity index (χ1n) is 6.28. The molecule has 0 aliphatic heterocycles. The molecule has 1 atom stereocenters. The van der Waals surface area contributed by atoms with Crippen molar-refractivity contribution in [3.05, 3.63) is 52.8 Å². The van der Waals surface area contributed by atoms with E-state index in [0.29, 0.717) is 6.54 Å². The highest BCUT2D eigenvalue weighted by molar-refractivity contribution is 5.32. The summed E-state index contributed by atoms with van der Waals surface area (Å²) in [6, 6.07) is 5.23. The lowest BCUT2D eigenvalue weighted by molar-refractivity contribution is -0.138. The lowest BCUT2D eigenvalue weighted by Gasteiger charge is -2.19. The van der Waals surface area contributed by atoms with Gasteiger partial charge in [0, 0.05) is 23.8 Å². The van der Waals surface area contributed by atoms with Gasteiger partial charge in [0.1, 0.15) is 0 Å². The first-order valence-corrected chi connectivity index (χ1v) is 6.28. The van der Waals surface area contributed by atoms with Gasteiger partial charge in [-0.25, -0.2) is 0 Å². The average Bonchev–Trinajstić information content (AvgIpc) is 2.80. The van der Waals surface area contributed by atoms with Gasteiger partial charge in [-0.05, 0) is 25.5 Å². The molecular formula is C14H16F3N3. The molecular weight excluding hydrogens is 267 g/mol. The minimum Gasteiger partial charge on any atom is -0.306 e. The van der Waals surface area contributed by atoms with Gasteiger partial charge in [0.05, 0.1) is 11.8 Å². The molecule has 2 N–H and O–H groups in total. The number of nitrogens with one attached hydrogen (secondary N) is 2. The van der Waals surface area contributed by atoms with E-state index in [2.05, 4.69) is 15.5 Å². The quantitative estimate of drug-likeness (QED) is 0.900. The molecule has 2 rings (SSSR count). The normalized spacial score (nSPS) is 13.4. The zero-order chi connectivity index (χ0) is 14.8. The monoisotopic (exact) mass is 283 g/mol. The van der Waals surface area contributed by atoms with Crippen molar-refractivity contribution in [2.75, 3.05) is 0 Å². The highest BCUT2D eigenvalue weighted by atomic mass is 19.4. The summed E-state index contributed by atoms with van der Waals surface area (Å²) in [6.45, 7) is 4.06. The summed E-state index contributed by atoms with van der Waals surface area (Å²) in [5, 5.41) is 9.78. The Morgan fingerprint density at radius 1 is 1.30 bits per heavy atom. The second-order valence-electron chi connectivity index (χ2n) is 4.71. The van der Waals surface area contributed by atoms with Gasteiger partial charge in [-0.3, -0.25) is 5.10 Å². The fourth-order valence-corrected chi connectivity index (χ4v) is 2.06. The van der Waals surface area contributed by atoms with E-state index in [0.717, 1.165) is 17.3 Å². The Balaban J connectivity index is 2.14. The maximum atomic E-state index is 12.9. The number of hydrogen-bond donors (Lipinski definition) is 2. The number of aryl methyl sites for hydroxylation is 1. The second kappa shape index (κ2) is 5.66. The summed E-state index contributed by atoms with van der Waals surface area (Å²) in [5.41, 5.74) is 1.51. The molecule has 0 spiro atoms. The molecule has 0 amide bonds. The molecule has 1 heterocycles. The van der Waals surface area contributed by atoms with E-state index in [1.165, 1.54) is 12.1 Å². The molecule has 2 aromatic rings. The van der Waals surface area contributed by atoms with Gasteiger partial charge in [-0.2, -0.15) is 18.3 Å². The van der Waals surface area contributed by atoms with E-state index in [4.69, 9.17) is 0 Å². The molecule has 0 fully saturated rings. The van der Waals surface area contributed by atoms with Gasteiger partial charge < -0.3 is 5.32 Å². The van der Waals surface area contributed by atoms with Crippen LogP contribution in [0, 0.1) is 6.92 Å². The smallest absolute Gasteiger partial charge is 0.306 e. The predicted octanol–water partition coefficient (Wildman–Crippen LogP) is 3.59. The Labute approximate surface area is 115 Å². The molecule has 1 aromatic carbocycles. The van der Waals surface area contributed by atoms with E-state index in [9.17, 15) is 13.2 Å². The van der Waals surface area contributed by atoms with E-state index < -0.39 is 17.8 Å². The van der Waals surface area contributed by atoms with Crippen LogP contribution in [0.15, 0.2) is 30.5 Å². The minimum atomic E-state index is -4.34. The van der Waals surface area contributed by atoms with Crippen LogP contribution >= 0.6 is 0 Å². The van der Waals surface area contributed by atoms with Crippen LogP contribution in [0.1, 0.15) is 35.3 Å². The number of H-pyrrole nitrogens is 1. The highest BCUT2D eigenvalue weighted by Gasteiger charge is 2.34. The standard InChI is InChI=1S/C14H16F3N3/c1-9-11(8-19-20-9)7-18-10(2)12-5-3-4-6-13(12)14(15,16)17/h3-6,8,10,18H,7H2,1-2H3,(H,19,20). The number of hydrogen-bond acceptors (Lipinski definition) is 2. The first-order chi connectivity index (χ1) is 9.39. The molecule has 3 nitrogen and oxygen atoms in total. The lowest BCUT2D eigenvalue weighted by Crippen LogP contribution is -2.21. The van der Waals surface area contributed by atoms with E-state index in [1.54, 1.807) is 19.2 Å². The van der Waals surface area contributed by atoms with Crippen molar-refractivity contribution in [2.24, 2.45) is 0 Å². The summed E-state index contributed by atoms with van der Waals surface area (Å²) >= 11 is 0. The van der Waals surface area contributed by atoms with Crippen molar-refractivity contribution < 1.29 is 13.2 Å². The number of aromatic amines is 1. The number of alkyl halides is 3. The van der Waals surface area contributed by atoms with Crippen molar-refractivity contribution in [3.8, 4) is 0 Å². The van der Waals surface area contributed by atoms with Crippen molar-refractivity contribution in [1.29, 1.82) is 0 Å². The number of halogens is 3. The summed E-state index contributed by atoms with van der Waals surface area (Å²) < 4.78 is 38.8. The molecule has 0 bridgehead atoms. The van der Waals surface area contributed by atoms with Gasteiger partial charge in [0.25, 0.3) is 0 Å². The molecule has 0 aliphatic carbocycles. The Morgan fingerprint density at radius 2 is 2.00 bits per heavy atom. The van der Waals surface area contributed by atoms with Crippen molar-refractivity contribution in [1.82, 2.24) is 15.5 Å². The first kappa shape index (κ1) is 14.6. The highest BCUT2D eigenvalue weighted by Crippen LogP contribution is 2.34. The summed E-state index contributed by atoms with van der Waals surface area (Å²) in [5.74, 6) is 0. The van der Waals surface area contributed by atoms with Crippen molar-refractivity contribution in [2.45, 2.75) is 32.6 Å². The molecule has 20 heavy (non-hydrogen) atoms. The number of rotatable bonds is 4. The van der Waals surface area contributed by atoms with Crippen LogP contribution in [0.5, 0.6) is 0 Å². The zero-order valence-corrected chi connectivity index (χ0v) is 11.3. The van der Waals surface area contributed by atoms with Gasteiger partial charge in [-0.1, -0.05) is 18.2 Å². The molecule has 0 radical (unpaired) electrons. The molecule has 0 aliphatic rings. The predicted molar refractivity (Wildman–Crippen MR) is 70.0 cm³/mol. The van der Waals surface area contributed by atoms with Gasteiger partial charge in [0.2, 0.25) is 0 Å². The Morgan fingerprint density at radius 3 is 2.60 bits per heavy atom. The topological polar surface area (TPSA) is 40.7 Å². The van der Waals surface area contributed by atoms with Gasteiger partial charge in [0.15, 0.2) is 0 Å². The SMILES string of the molecule is Cc1[nH]ncc1CNC(C)c1ccccc1C(F)(F)F. The number of nitrogens with zero attached hydrogens (tertiary/aromatic N) is 1. The van der Waals surface area contributed by atoms with Crippen LogP contribution in [-0.2, 0) is 12.7 Å². The van der Waals surface area contributed by atoms with E-state index in [1.807, 2.05) is 6.92 Å². The molecule has 108 valence electrons. The van der Waals surface area contributed by atoms with Crippen LogP contribution in [0.2, 0.25) is 0 Å².